The zero-order chi connectivity index (χ0) is 17.7. The molecule has 5 heteroatoms. The van der Waals surface area contributed by atoms with Crippen LogP contribution in [0.25, 0.3) is 11.0 Å². The third-order valence-electron chi connectivity index (χ3n) is 3.43. The van der Waals surface area contributed by atoms with E-state index in [1.165, 1.54) is 18.2 Å². The Morgan fingerprint density at radius 1 is 1.29 bits per heavy atom. The van der Waals surface area contributed by atoms with Gasteiger partial charge in [-0.3, -0.25) is 0 Å². The fourth-order valence-electron chi connectivity index (χ4n) is 2.33. The number of phenolic OH excluding ortho intramolecular Hbond substituents is 1. The second-order valence-corrected chi connectivity index (χ2v) is 5.99. The number of fused-ring (bicyclic) bond motifs is 1. The van der Waals surface area contributed by atoms with Crippen molar-refractivity contribution in [2.24, 2.45) is 0 Å². The molecule has 0 aliphatic carbocycles. The molecule has 0 bridgehead atoms. The maximum Gasteiger partial charge on any atom is 0.336 e. The molecule has 2 aromatic rings. The van der Waals surface area contributed by atoms with Gasteiger partial charge in [-0.2, -0.15) is 0 Å². The molecule has 0 fully saturated rings. The number of benzene rings is 1. The minimum Gasteiger partial charge on any atom is -0.504 e. The predicted octanol–water partition coefficient (Wildman–Crippen LogP) is 3.54. The second-order valence-electron chi connectivity index (χ2n) is 5.99. The Kier molecular flexibility index (Phi) is 5.82. The van der Waals surface area contributed by atoms with Crippen molar-refractivity contribution >= 4 is 11.0 Å². The van der Waals surface area contributed by atoms with Crippen LogP contribution in [0.2, 0.25) is 0 Å². The van der Waals surface area contributed by atoms with Crippen LogP contribution >= 0.6 is 0 Å². The summed E-state index contributed by atoms with van der Waals surface area (Å²) in [5.74, 6) is 0.220. The van der Waals surface area contributed by atoms with Gasteiger partial charge in [-0.1, -0.05) is 17.2 Å². The molecule has 1 aromatic carbocycles. The van der Waals surface area contributed by atoms with Gasteiger partial charge in [0.15, 0.2) is 11.5 Å². The molecule has 5 nitrogen and oxygen atoms in total. The monoisotopic (exact) mass is 330 g/mol. The van der Waals surface area contributed by atoms with Gasteiger partial charge in [0.25, 0.3) is 0 Å². The second kappa shape index (κ2) is 7.84. The topological polar surface area (TPSA) is 79.9 Å². The highest BCUT2D eigenvalue weighted by molar-refractivity contribution is 5.80. The summed E-state index contributed by atoms with van der Waals surface area (Å²) in [6.07, 6.45) is 3.64. The van der Waals surface area contributed by atoms with Crippen LogP contribution in [0.3, 0.4) is 0 Å². The summed E-state index contributed by atoms with van der Waals surface area (Å²) < 4.78 is 10.6. The summed E-state index contributed by atoms with van der Waals surface area (Å²) in [5.41, 5.74) is 1.94. The minimum absolute atomic E-state index is 0.0213. The van der Waals surface area contributed by atoms with Crippen LogP contribution in [0.5, 0.6) is 11.5 Å². The third kappa shape index (κ3) is 4.99. The molecule has 0 radical (unpaired) electrons. The average Bonchev–Trinajstić information content (AvgIpc) is 2.47. The molecule has 0 saturated carbocycles. The number of allylic oxidation sites excluding steroid dienone is 1. The molecule has 0 aliphatic heterocycles. The first-order chi connectivity index (χ1) is 11.3. The Labute approximate surface area is 140 Å². The van der Waals surface area contributed by atoms with Crippen molar-refractivity contribution in [2.45, 2.75) is 33.3 Å². The Hall–Kier alpha value is -2.53. The number of ether oxygens (including phenoxy) is 1. The first-order valence-corrected chi connectivity index (χ1v) is 7.73. The van der Waals surface area contributed by atoms with E-state index >= 15 is 0 Å². The van der Waals surface area contributed by atoms with Gasteiger partial charge in [0.1, 0.15) is 12.2 Å². The lowest BCUT2D eigenvalue weighted by Gasteiger charge is -2.09. The molecule has 0 amide bonds. The van der Waals surface area contributed by atoms with Crippen molar-refractivity contribution in [3.63, 3.8) is 0 Å². The van der Waals surface area contributed by atoms with Crippen LogP contribution in [0.1, 0.15) is 27.2 Å². The summed E-state index contributed by atoms with van der Waals surface area (Å²) in [4.78, 5) is 11.3. The zero-order valence-electron chi connectivity index (χ0n) is 14.1. The smallest absolute Gasteiger partial charge is 0.336 e. The lowest BCUT2D eigenvalue weighted by atomic mass is 10.1. The van der Waals surface area contributed by atoms with Crippen LogP contribution in [-0.4, -0.2) is 22.9 Å². The van der Waals surface area contributed by atoms with Gasteiger partial charge in [-0.15, -0.1) is 0 Å². The van der Waals surface area contributed by atoms with Gasteiger partial charge in [0.2, 0.25) is 0 Å². The highest BCUT2D eigenvalue weighted by Gasteiger charge is 2.07. The van der Waals surface area contributed by atoms with Crippen molar-refractivity contribution in [3.05, 3.63) is 58.0 Å². The van der Waals surface area contributed by atoms with Gasteiger partial charge >= 0.3 is 5.63 Å². The van der Waals surface area contributed by atoms with Crippen molar-refractivity contribution in [1.29, 1.82) is 0 Å². The Morgan fingerprint density at radius 3 is 2.75 bits per heavy atom. The van der Waals surface area contributed by atoms with E-state index in [4.69, 9.17) is 9.15 Å². The maximum atomic E-state index is 11.3. The predicted molar refractivity (Wildman–Crippen MR) is 93.5 cm³/mol. The molecular weight excluding hydrogens is 308 g/mol. The molecule has 1 aromatic heterocycles. The number of phenols is 1. The van der Waals surface area contributed by atoms with Crippen LogP contribution in [0.15, 0.2) is 56.8 Å². The van der Waals surface area contributed by atoms with Crippen molar-refractivity contribution in [1.82, 2.24) is 0 Å². The molecular formula is C19H22O5. The van der Waals surface area contributed by atoms with Crippen molar-refractivity contribution in [3.8, 4) is 11.5 Å². The van der Waals surface area contributed by atoms with Gasteiger partial charge in [-0.25, -0.2) is 4.79 Å². The Morgan fingerprint density at radius 2 is 2.04 bits per heavy atom. The van der Waals surface area contributed by atoms with E-state index in [2.05, 4.69) is 0 Å². The van der Waals surface area contributed by atoms with Gasteiger partial charge in [0.05, 0.1) is 6.10 Å². The highest BCUT2D eigenvalue weighted by Crippen LogP contribution is 2.30. The number of hydrogen-bond donors (Lipinski definition) is 2. The fourth-order valence-corrected chi connectivity index (χ4v) is 2.33. The van der Waals surface area contributed by atoms with Crippen LogP contribution in [0.4, 0.5) is 0 Å². The fraction of sp³-hybridized carbons (Fsp3) is 0.316. The number of aliphatic hydroxyl groups is 1. The number of aliphatic hydroxyl groups excluding tert-OH is 1. The van der Waals surface area contributed by atoms with E-state index in [1.54, 1.807) is 12.1 Å². The van der Waals surface area contributed by atoms with Gasteiger partial charge in [0, 0.05) is 17.5 Å². The Bertz CT molecular complexity index is 825. The SMILES string of the molecule is CC(C)=C[C@H](O)C/C(C)=C/COc1cc2oc(=O)ccc2cc1O. The third-order valence-corrected chi connectivity index (χ3v) is 3.43. The highest BCUT2D eigenvalue weighted by atomic mass is 16.5. The van der Waals surface area contributed by atoms with Crippen LogP contribution in [-0.2, 0) is 0 Å². The number of aromatic hydroxyl groups is 1. The average molecular weight is 330 g/mol. The van der Waals surface area contributed by atoms with E-state index in [0.717, 1.165) is 11.1 Å². The summed E-state index contributed by atoms with van der Waals surface area (Å²) in [6.45, 7) is 6.02. The van der Waals surface area contributed by atoms with E-state index < -0.39 is 11.7 Å². The molecule has 2 N–H and O–H groups in total. The molecule has 1 atom stereocenters. The quantitative estimate of drug-likeness (QED) is 0.625. The van der Waals surface area contributed by atoms with Crippen molar-refractivity contribution < 1.29 is 19.4 Å². The van der Waals surface area contributed by atoms with Crippen LogP contribution < -0.4 is 10.4 Å². The first-order valence-electron chi connectivity index (χ1n) is 7.73. The molecule has 128 valence electrons. The van der Waals surface area contributed by atoms with Crippen molar-refractivity contribution in [2.75, 3.05) is 6.61 Å². The first kappa shape index (κ1) is 17.8. The maximum absolute atomic E-state index is 11.3. The molecule has 0 saturated heterocycles. The summed E-state index contributed by atoms with van der Waals surface area (Å²) in [6, 6.07) is 5.86. The molecule has 0 spiro atoms. The lowest BCUT2D eigenvalue weighted by molar-refractivity contribution is 0.222. The molecule has 0 aliphatic rings. The number of hydrogen-bond acceptors (Lipinski definition) is 5. The lowest BCUT2D eigenvalue weighted by Crippen LogP contribution is -2.04. The summed E-state index contributed by atoms with van der Waals surface area (Å²) in [7, 11) is 0. The van der Waals surface area contributed by atoms with E-state index in [0.29, 0.717) is 17.4 Å². The largest absolute Gasteiger partial charge is 0.504 e. The van der Waals surface area contributed by atoms with Crippen LogP contribution in [0, 0.1) is 0 Å². The van der Waals surface area contributed by atoms with E-state index in [9.17, 15) is 15.0 Å². The normalized spacial score (nSPS) is 12.9. The molecule has 24 heavy (non-hydrogen) atoms. The molecule has 0 unspecified atom stereocenters. The number of rotatable bonds is 6. The van der Waals surface area contributed by atoms with Gasteiger partial charge in [-0.05, 0) is 45.4 Å². The Balaban J connectivity index is 2.05. The summed E-state index contributed by atoms with van der Waals surface area (Å²) >= 11 is 0. The molecule has 2 rings (SSSR count). The minimum atomic E-state index is -0.519. The van der Waals surface area contributed by atoms with E-state index in [-0.39, 0.29) is 18.1 Å². The molecule has 1 heterocycles. The van der Waals surface area contributed by atoms with E-state index in [1.807, 2.05) is 26.8 Å². The van der Waals surface area contributed by atoms with Gasteiger partial charge < -0.3 is 19.4 Å². The zero-order valence-corrected chi connectivity index (χ0v) is 14.1. The summed E-state index contributed by atoms with van der Waals surface area (Å²) in [5, 5.41) is 20.5. The standard InChI is InChI=1S/C19H22O5/c1-12(2)8-15(20)9-13(3)6-7-23-18-11-17-14(10-16(18)21)4-5-19(22)24-17/h4-6,8,10-11,15,20-21H,7,9H2,1-3H3/b13-6+/t15-/m0/s1.